The van der Waals surface area contributed by atoms with Gasteiger partial charge in [-0.3, -0.25) is 4.79 Å². The number of hydrogen-bond acceptors (Lipinski definition) is 2. The van der Waals surface area contributed by atoms with Gasteiger partial charge in [-0.1, -0.05) is 0 Å². The quantitative estimate of drug-likeness (QED) is 0.833. The van der Waals surface area contributed by atoms with Crippen LogP contribution in [0.15, 0.2) is 0 Å². The number of halogens is 3. The van der Waals surface area contributed by atoms with E-state index in [1.165, 1.54) is 0 Å². The molecule has 3 fully saturated rings. The predicted octanol–water partition coefficient (Wildman–Crippen LogP) is 1.80. The summed E-state index contributed by atoms with van der Waals surface area (Å²) in [5.41, 5.74) is -3.21. The summed E-state index contributed by atoms with van der Waals surface area (Å²) >= 11 is 0. The SMILES string of the molecule is CC(NC(=O)C1C2C3CCC(C3)C12)(C(=O)O)C(F)(F)F. The number of carboxylic acid groups (broad SMARTS) is 1. The Bertz CT molecular complexity index is 462. The highest BCUT2D eigenvalue weighted by Gasteiger charge is 2.69. The molecule has 3 saturated carbocycles. The Morgan fingerprint density at radius 2 is 1.65 bits per heavy atom. The molecule has 112 valence electrons. The fourth-order valence-corrected chi connectivity index (χ4v) is 4.25. The smallest absolute Gasteiger partial charge is 0.422 e. The lowest BCUT2D eigenvalue weighted by Gasteiger charge is -2.29. The molecule has 5 atom stereocenters. The first-order valence-electron chi connectivity index (χ1n) is 6.79. The van der Waals surface area contributed by atoms with E-state index in [1.54, 1.807) is 5.32 Å². The van der Waals surface area contributed by atoms with Crippen LogP contribution in [0.5, 0.6) is 0 Å². The van der Waals surface area contributed by atoms with Gasteiger partial charge in [-0.25, -0.2) is 4.79 Å². The van der Waals surface area contributed by atoms with Crippen molar-refractivity contribution >= 4 is 11.9 Å². The van der Waals surface area contributed by atoms with E-state index < -0.39 is 29.5 Å². The normalized spacial score (nSPS) is 40.9. The van der Waals surface area contributed by atoms with Crippen LogP contribution in [0, 0.1) is 29.6 Å². The van der Waals surface area contributed by atoms with Crippen molar-refractivity contribution in [3.05, 3.63) is 0 Å². The average Bonchev–Trinajstić information content (AvgIpc) is 2.77. The zero-order chi connectivity index (χ0) is 14.9. The van der Waals surface area contributed by atoms with Gasteiger partial charge < -0.3 is 10.4 Å². The number of hydrogen-bond donors (Lipinski definition) is 2. The van der Waals surface area contributed by atoms with Crippen LogP contribution in [0.2, 0.25) is 0 Å². The summed E-state index contributed by atoms with van der Waals surface area (Å²) in [4.78, 5) is 22.9. The van der Waals surface area contributed by atoms with Gasteiger partial charge in [0.05, 0.1) is 0 Å². The van der Waals surface area contributed by atoms with E-state index in [1.807, 2.05) is 0 Å². The first kappa shape index (κ1) is 13.7. The van der Waals surface area contributed by atoms with Crippen LogP contribution in [0.4, 0.5) is 13.2 Å². The molecule has 0 radical (unpaired) electrons. The van der Waals surface area contributed by atoms with Gasteiger partial charge in [0.25, 0.3) is 0 Å². The number of fused-ring (bicyclic) bond motifs is 5. The van der Waals surface area contributed by atoms with E-state index >= 15 is 0 Å². The van der Waals surface area contributed by atoms with Crippen LogP contribution < -0.4 is 5.32 Å². The number of aliphatic carboxylic acids is 1. The van der Waals surface area contributed by atoms with Crippen LogP contribution in [-0.2, 0) is 9.59 Å². The van der Waals surface area contributed by atoms with E-state index in [0.717, 1.165) is 19.3 Å². The second-order valence-corrected chi connectivity index (χ2v) is 6.43. The summed E-state index contributed by atoms with van der Waals surface area (Å²) in [6, 6.07) is 0. The zero-order valence-electron chi connectivity index (χ0n) is 10.9. The molecule has 3 aliphatic rings. The molecule has 0 aromatic heterocycles. The summed E-state index contributed by atoms with van der Waals surface area (Å²) in [6.45, 7) is 0.500. The van der Waals surface area contributed by atoms with E-state index in [9.17, 15) is 22.8 Å². The summed E-state index contributed by atoms with van der Waals surface area (Å²) < 4.78 is 38.6. The Morgan fingerprint density at radius 1 is 1.15 bits per heavy atom. The molecular formula is C13H16F3NO3. The predicted molar refractivity (Wildman–Crippen MR) is 61.5 cm³/mol. The molecule has 7 heteroatoms. The van der Waals surface area contributed by atoms with Crippen molar-refractivity contribution in [1.82, 2.24) is 5.32 Å². The highest BCUT2D eigenvalue weighted by molar-refractivity contribution is 5.90. The summed E-state index contributed by atoms with van der Waals surface area (Å²) in [5.74, 6) is -1.99. The second kappa shape index (κ2) is 3.89. The Hall–Kier alpha value is -1.27. The van der Waals surface area contributed by atoms with Gasteiger partial charge >= 0.3 is 12.1 Å². The molecule has 5 unspecified atom stereocenters. The highest BCUT2D eigenvalue weighted by Crippen LogP contribution is 2.69. The van der Waals surface area contributed by atoms with Gasteiger partial charge in [0.1, 0.15) is 0 Å². The van der Waals surface area contributed by atoms with Gasteiger partial charge in [0.15, 0.2) is 0 Å². The van der Waals surface area contributed by atoms with Gasteiger partial charge in [-0.05, 0) is 49.9 Å². The van der Waals surface area contributed by atoms with Crippen molar-refractivity contribution in [1.29, 1.82) is 0 Å². The van der Waals surface area contributed by atoms with Crippen molar-refractivity contribution < 1.29 is 27.9 Å². The van der Waals surface area contributed by atoms with E-state index in [0.29, 0.717) is 18.8 Å². The molecule has 2 bridgehead atoms. The van der Waals surface area contributed by atoms with Crippen molar-refractivity contribution in [2.75, 3.05) is 0 Å². The van der Waals surface area contributed by atoms with Crippen LogP contribution >= 0.6 is 0 Å². The third kappa shape index (κ3) is 1.67. The summed E-state index contributed by atoms with van der Waals surface area (Å²) in [6.07, 6.45) is -1.85. The monoisotopic (exact) mass is 291 g/mol. The van der Waals surface area contributed by atoms with Crippen LogP contribution in [0.1, 0.15) is 26.2 Å². The molecule has 3 aliphatic carbocycles. The van der Waals surface area contributed by atoms with Crippen LogP contribution in [0.3, 0.4) is 0 Å². The maximum absolute atomic E-state index is 12.9. The molecule has 20 heavy (non-hydrogen) atoms. The molecule has 0 heterocycles. The number of carboxylic acids is 1. The second-order valence-electron chi connectivity index (χ2n) is 6.43. The number of carbonyl (C=O) groups is 2. The maximum atomic E-state index is 12.9. The van der Waals surface area contributed by atoms with Gasteiger partial charge in [-0.2, -0.15) is 13.2 Å². The topological polar surface area (TPSA) is 66.4 Å². The molecule has 0 aromatic carbocycles. The van der Waals surface area contributed by atoms with Crippen molar-refractivity contribution in [2.24, 2.45) is 29.6 Å². The minimum absolute atomic E-state index is 0.181. The lowest BCUT2D eigenvalue weighted by Crippen LogP contribution is -2.62. The highest BCUT2D eigenvalue weighted by atomic mass is 19.4. The minimum atomic E-state index is -5.02. The Kier molecular flexibility index (Phi) is 2.66. The number of rotatable bonds is 3. The third-order valence-electron chi connectivity index (χ3n) is 5.41. The lowest BCUT2D eigenvalue weighted by molar-refractivity contribution is -0.207. The number of amides is 1. The number of alkyl halides is 3. The fraction of sp³-hybridized carbons (Fsp3) is 0.846. The zero-order valence-corrected chi connectivity index (χ0v) is 10.9. The third-order valence-corrected chi connectivity index (χ3v) is 5.41. The summed E-state index contributed by atoms with van der Waals surface area (Å²) in [7, 11) is 0. The van der Waals surface area contributed by atoms with Crippen LogP contribution in [-0.4, -0.2) is 28.7 Å². The Balaban J connectivity index is 1.72. The average molecular weight is 291 g/mol. The minimum Gasteiger partial charge on any atom is -0.479 e. The largest absolute Gasteiger partial charge is 0.479 e. The molecule has 4 nitrogen and oxygen atoms in total. The molecule has 0 saturated heterocycles. The Labute approximate surface area is 113 Å². The molecular weight excluding hydrogens is 275 g/mol. The molecule has 0 spiro atoms. The van der Waals surface area contributed by atoms with E-state index in [-0.39, 0.29) is 11.8 Å². The maximum Gasteiger partial charge on any atom is 0.422 e. The van der Waals surface area contributed by atoms with E-state index in [2.05, 4.69) is 0 Å². The van der Waals surface area contributed by atoms with Crippen molar-refractivity contribution in [3.63, 3.8) is 0 Å². The molecule has 1 amide bonds. The van der Waals surface area contributed by atoms with Gasteiger partial charge in [-0.15, -0.1) is 0 Å². The molecule has 0 aromatic rings. The molecule has 0 aliphatic heterocycles. The first-order valence-corrected chi connectivity index (χ1v) is 6.79. The van der Waals surface area contributed by atoms with Gasteiger partial charge in [0, 0.05) is 5.92 Å². The standard InChI is InChI=1S/C13H16F3NO3/c1-12(11(19)20,13(14,15)16)17-10(18)9-7-5-2-3-6(4-5)8(7)9/h5-9H,2-4H2,1H3,(H,17,18)(H,19,20). The fourth-order valence-electron chi connectivity index (χ4n) is 4.25. The number of nitrogens with one attached hydrogen (secondary N) is 1. The van der Waals surface area contributed by atoms with Crippen molar-refractivity contribution in [3.8, 4) is 0 Å². The van der Waals surface area contributed by atoms with Gasteiger partial charge in [0.2, 0.25) is 11.4 Å². The lowest BCUT2D eigenvalue weighted by atomic mass is 9.98. The summed E-state index contributed by atoms with van der Waals surface area (Å²) in [5, 5.41) is 10.5. The number of carbonyl (C=O) groups excluding carboxylic acids is 1. The Morgan fingerprint density at radius 3 is 2.05 bits per heavy atom. The van der Waals surface area contributed by atoms with Crippen LogP contribution in [0.25, 0.3) is 0 Å². The van der Waals surface area contributed by atoms with Crippen molar-refractivity contribution in [2.45, 2.75) is 37.9 Å². The van der Waals surface area contributed by atoms with E-state index in [4.69, 9.17) is 5.11 Å². The molecule has 3 rings (SSSR count). The first-order chi connectivity index (χ1) is 9.17. The molecule has 2 N–H and O–H groups in total.